The first kappa shape index (κ1) is 23.1. The van der Waals surface area contributed by atoms with Gasteiger partial charge >= 0.3 is 0 Å². The van der Waals surface area contributed by atoms with Crippen LogP contribution in [0.3, 0.4) is 0 Å². The number of phenols is 2. The predicted molar refractivity (Wildman–Crippen MR) is 95.2 cm³/mol. The molecule has 2 fully saturated rings. The molecule has 2 heterocycles. The molecule has 0 aliphatic carbocycles. The standard InChI is InChI=1S/C18H26O12/c19-3-7-11(23)13(25)15(27)17(29-7)5-1-2-6(21)10(22)9(5)18-16(28)14(26)12(24)8(4-20)30-18/h1-2,7-8,11-28H,3-4H2/t7-,8-,11-,12-,13+,14+,15-,16-,17?,18?/m1/s1. The van der Waals surface area contributed by atoms with Crippen LogP contribution in [0.15, 0.2) is 12.1 Å². The minimum atomic E-state index is -1.82. The van der Waals surface area contributed by atoms with Crippen LogP contribution in [0.25, 0.3) is 0 Å². The summed E-state index contributed by atoms with van der Waals surface area (Å²) >= 11 is 0. The Bertz CT molecular complexity index is 740. The fourth-order valence-electron chi connectivity index (χ4n) is 3.86. The molecule has 12 nitrogen and oxygen atoms in total. The van der Waals surface area contributed by atoms with Crippen molar-refractivity contribution in [2.45, 2.75) is 61.0 Å². The fraction of sp³-hybridized carbons (Fsp3) is 0.667. The van der Waals surface area contributed by atoms with E-state index in [1.165, 1.54) is 6.07 Å². The van der Waals surface area contributed by atoms with E-state index in [0.29, 0.717) is 0 Å². The van der Waals surface area contributed by atoms with Gasteiger partial charge < -0.3 is 60.5 Å². The van der Waals surface area contributed by atoms with Crippen molar-refractivity contribution in [2.75, 3.05) is 13.2 Å². The van der Waals surface area contributed by atoms with Gasteiger partial charge in [-0.05, 0) is 11.6 Å². The van der Waals surface area contributed by atoms with E-state index in [9.17, 15) is 51.1 Å². The minimum Gasteiger partial charge on any atom is -0.504 e. The third-order valence-corrected chi connectivity index (χ3v) is 5.61. The molecule has 170 valence electrons. The number of phenolic OH excluding ortho intramolecular Hbond substituents is 2. The van der Waals surface area contributed by atoms with Crippen molar-refractivity contribution in [1.29, 1.82) is 0 Å². The lowest BCUT2D eigenvalue weighted by Gasteiger charge is -2.43. The average molecular weight is 434 g/mol. The summed E-state index contributed by atoms with van der Waals surface area (Å²) in [5.74, 6) is -1.44. The van der Waals surface area contributed by atoms with Crippen molar-refractivity contribution in [3.8, 4) is 11.5 Å². The highest BCUT2D eigenvalue weighted by Crippen LogP contribution is 2.46. The van der Waals surface area contributed by atoms with Crippen LogP contribution in [0.4, 0.5) is 0 Å². The Morgan fingerprint density at radius 1 is 0.633 bits per heavy atom. The molecule has 10 N–H and O–H groups in total. The molecule has 0 spiro atoms. The number of rotatable bonds is 4. The fourth-order valence-corrected chi connectivity index (χ4v) is 3.86. The second-order valence-electron chi connectivity index (χ2n) is 7.44. The van der Waals surface area contributed by atoms with E-state index in [1.54, 1.807) is 0 Å². The Kier molecular flexibility index (Phi) is 6.84. The van der Waals surface area contributed by atoms with Crippen molar-refractivity contribution < 1.29 is 60.5 Å². The van der Waals surface area contributed by atoms with Crippen LogP contribution < -0.4 is 0 Å². The molecule has 1 aromatic carbocycles. The summed E-state index contributed by atoms with van der Waals surface area (Å²) in [5, 5.41) is 100. The molecule has 2 aliphatic rings. The van der Waals surface area contributed by atoms with E-state index >= 15 is 0 Å². The molecule has 30 heavy (non-hydrogen) atoms. The van der Waals surface area contributed by atoms with E-state index in [1.807, 2.05) is 0 Å². The van der Waals surface area contributed by atoms with Crippen LogP contribution in [0.5, 0.6) is 11.5 Å². The van der Waals surface area contributed by atoms with Crippen LogP contribution >= 0.6 is 0 Å². The predicted octanol–water partition coefficient (Wildman–Crippen LogP) is -3.87. The van der Waals surface area contributed by atoms with Crippen LogP contribution in [-0.2, 0) is 9.47 Å². The van der Waals surface area contributed by atoms with Crippen LogP contribution in [0, 0.1) is 0 Å². The van der Waals surface area contributed by atoms with Gasteiger partial charge in [-0.15, -0.1) is 0 Å². The van der Waals surface area contributed by atoms with E-state index < -0.39 is 85.8 Å². The molecule has 12 heteroatoms. The highest BCUT2D eigenvalue weighted by molar-refractivity contribution is 5.52. The maximum atomic E-state index is 10.5. The molecule has 1 aromatic rings. The highest BCUT2D eigenvalue weighted by Gasteiger charge is 2.49. The quantitative estimate of drug-likeness (QED) is 0.206. The number of aliphatic hydroxyl groups excluding tert-OH is 8. The normalized spacial score (nSPS) is 42.3. The average Bonchev–Trinajstić information content (AvgIpc) is 2.73. The topological polar surface area (TPSA) is 221 Å². The van der Waals surface area contributed by atoms with Gasteiger partial charge in [0.25, 0.3) is 0 Å². The summed E-state index contributed by atoms with van der Waals surface area (Å²) in [7, 11) is 0. The van der Waals surface area contributed by atoms with Gasteiger partial charge in [-0.2, -0.15) is 0 Å². The lowest BCUT2D eigenvalue weighted by Crippen LogP contribution is -2.56. The lowest BCUT2D eigenvalue weighted by molar-refractivity contribution is -0.238. The summed E-state index contributed by atoms with van der Waals surface area (Å²) in [6, 6.07) is 2.23. The maximum Gasteiger partial charge on any atom is 0.163 e. The van der Waals surface area contributed by atoms with Gasteiger partial charge in [-0.25, -0.2) is 0 Å². The van der Waals surface area contributed by atoms with Gasteiger partial charge in [0.05, 0.1) is 13.2 Å². The van der Waals surface area contributed by atoms with Crippen LogP contribution in [-0.4, -0.2) is 113 Å². The molecule has 0 saturated carbocycles. The second kappa shape index (κ2) is 8.88. The van der Waals surface area contributed by atoms with Crippen molar-refractivity contribution in [2.24, 2.45) is 0 Å². The van der Waals surface area contributed by atoms with Gasteiger partial charge in [0.1, 0.15) is 61.0 Å². The molecule has 0 radical (unpaired) electrons. The minimum absolute atomic E-state index is 0.0912. The van der Waals surface area contributed by atoms with E-state index in [4.69, 9.17) is 9.47 Å². The van der Waals surface area contributed by atoms with Crippen LogP contribution in [0.1, 0.15) is 23.3 Å². The Morgan fingerprint density at radius 3 is 1.60 bits per heavy atom. The number of hydrogen-bond donors (Lipinski definition) is 10. The molecule has 0 aromatic heterocycles. The monoisotopic (exact) mass is 434 g/mol. The molecular weight excluding hydrogens is 408 g/mol. The largest absolute Gasteiger partial charge is 0.504 e. The van der Waals surface area contributed by atoms with E-state index in [-0.39, 0.29) is 11.1 Å². The first-order chi connectivity index (χ1) is 14.1. The number of ether oxygens (including phenoxy) is 2. The number of aliphatic hydroxyl groups is 8. The summed E-state index contributed by atoms with van der Waals surface area (Å²) in [6.45, 7) is -1.45. The van der Waals surface area contributed by atoms with Gasteiger partial charge in [0.2, 0.25) is 0 Å². The molecule has 2 saturated heterocycles. The molecule has 2 unspecified atom stereocenters. The molecule has 0 bridgehead atoms. The van der Waals surface area contributed by atoms with Gasteiger partial charge in [0, 0.05) is 5.56 Å². The third kappa shape index (κ3) is 3.76. The number of aromatic hydroxyl groups is 2. The third-order valence-electron chi connectivity index (χ3n) is 5.61. The zero-order chi connectivity index (χ0) is 22.3. The summed E-state index contributed by atoms with van der Waals surface area (Å²) in [6.07, 6.45) is -16.0. The highest BCUT2D eigenvalue weighted by atomic mass is 16.6. The Balaban J connectivity index is 2.09. The lowest BCUT2D eigenvalue weighted by atomic mass is 9.84. The zero-order valence-electron chi connectivity index (χ0n) is 15.6. The first-order valence-electron chi connectivity index (χ1n) is 9.29. The van der Waals surface area contributed by atoms with Crippen molar-refractivity contribution in [3.05, 3.63) is 23.3 Å². The number of benzene rings is 1. The smallest absolute Gasteiger partial charge is 0.163 e. The molecule has 10 atom stereocenters. The van der Waals surface area contributed by atoms with Gasteiger partial charge in [0.15, 0.2) is 11.5 Å². The van der Waals surface area contributed by atoms with E-state index in [0.717, 1.165) is 6.07 Å². The summed E-state index contributed by atoms with van der Waals surface area (Å²) in [5.41, 5.74) is -0.428. The summed E-state index contributed by atoms with van der Waals surface area (Å²) < 4.78 is 10.9. The first-order valence-corrected chi connectivity index (χ1v) is 9.29. The Morgan fingerprint density at radius 2 is 1.10 bits per heavy atom. The van der Waals surface area contributed by atoms with Crippen molar-refractivity contribution in [1.82, 2.24) is 0 Å². The molecule has 3 rings (SSSR count). The number of hydrogen-bond acceptors (Lipinski definition) is 12. The van der Waals surface area contributed by atoms with E-state index in [2.05, 4.69) is 0 Å². The SMILES string of the molecule is OC[C@H]1OC(c2ccc(O)c(O)c2C2O[C@H](CO)[C@@H](O)[C@H](O)[C@H]2O)[C@H](O)[C@@H](O)[C@@H]1O. The Hall–Kier alpha value is -1.58. The zero-order valence-corrected chi connectivity index (χ0v) is 15.6. The van der Waals surface area contributed by atoms with Gasteiger partial charge in [-0.1, -0.05) is 6.07 Å². The summed E-state index contributed by atoms with van der Waals surface area (Å²) in [4.78, 5) is 0. The van der Waals surface area contributed by atoms with Crippen molar-refractivity contribution in [3.63, 3.8) is 0 Å². The molecular formula is C18H26O12. The molecule has 0 amide bonds. The van der Waals surface area contributed by atoms with Crippen LogP contribution in [0.2, 0.25) is 0 Å². The second-order valence-corrected chi connectivity index (χ2v) is 7.44. The Labute approximate surface area is 170 Å². The van der Waals surface area contributed by atoms with Gasteiger partial charge in [-0.3, -0.25) is 0 Å². The molecule has 2 aliphatic heterocycles. The van der Waals surface area contributed by atoms with Crippen molar-refractivity contribution >= 4 is 0 Å². The maximum absolute atomic E-state index is 10.5.